The summed E-state index contributed by atoms with van der Waals surface area (Å²) >= 11 is 0. The molecule has 0 saturated carbocycles. The van der Waals surface area contributed by atoms with Crippen molar-refractivity contribution in [1.82, 2.24) is 14.3 Å². The van der Waals surface area contributed by atoms with E-state index in [0.29, 0.717) is 41.4 Å². The standard InChI is InChI=1S/C20H17F3N4O4S/c21-20(22,23)12-3-1-4-14(9-12)32(30,31)24-11-18(28)25-13-6-7-15-16(10-13)26-17-5-2-8-27(17)19(15)29/h1,3-4,6-7,9-10,24H,2,5,8,11H2,(H,25,28). The highest BCUT2D eigenvalue weighted by atomic mass is 32.2. The fourth-order valence-electron chi connectivity index (χ4n) is 3.45. The number of carbonyl (C=O) groups is 1. The summed E-state index contributed by atoms with van der Waals surface area (Å²) in [5.74, 6) is -0.0717. The number of anilines is 1. The Morgan fingerprint density at radius 2 is 1.94 bits per heavy atom. The van der Waals surface area contributed by atoms with Gasteiger partial charge in [0.2, 0.25) is 15.9 Å². The monoisotopic (exact) mass is 466 g/mol. The number of nitrogens with zero attached hydrogens (tertiary/aromatic N) is 2. The Hall–Kier alpha value is -3.25. The number of benzene rings is 2. The van der Waals surface area contributed by atoms with E-state index in [2.05, 4.69) is 10.3 Å². The molecule has 0 radical (unpaired) electrons. The van der Waals surface area contributed by atoms with E-state index in [1.165, 1.54) is 18.2 Å². The first kappa shape index (κ1) is 22.0. The zero-order chi connectivity index (χ0) is 23.1. The van der Waals surface area contributed by atoms with Crippen LogP contribution in [0, 0.1) is 0 Å². The average molecular weight is 466 g/mol. The summed E-state index contributed by atoms with van der Waals surface area (Å²) in [6, 6.07) is 7.74. The summed E-state index contributed by atoms with van der Waals surface area (Å²) in [6.07, 6.45) is -3.19. The van der Waals surface area contributed by atoms with Gasteiger partial charge >= 0.3 is 6.18 Å². The van der Waals surface area contributed by atoms with Crippen LogP contribution in [0.1, 0.15) is 17.8 Å². The second-order valence-electron chi connectivity index (χ2n) is 7.22. The maximum atomic E-state index is 12.8. The molecule has 1 aliphatic heterocycles. The van der Waals surface area contributed by atoms with E-state index < -0.39 is 39.1 Å². The van der Waals surface area contributed by atoms with Crippen LogP contribution >= 0.6 is 0 Å². The lowest BCUT2D eigenvalue weighted by atomic mass is 10.2. The SMILES string of the molecule is O=C(CNS(=O)(=O)c1cccc(C(F)(F)F)c1)Nc1ccc2c(=O)n3c(nc2c1)CCC3. The van der Waals surface area contributed by atoms with Gasteiger partial charge in [-0.1, -0.05) is 6.07 Å². The van der Waals surface area contributed by atoms with Crippen LogP contribution in [0.15, 0.2) is 52.2 Å². The molecular weight excluding hydrogens is 449 g/mol. The van der Waals surface area contributed by atoms with Gasteiger partial charge in [0.05, 0.1) is 27.9 Å². The molecule has 1 amide bonds. The van der Waals surface area contributed by atoms with Crippen molar-refractivity contribution < 1.29 is 26.4 Å². The van der Waals surface area contributed by atoms with Crippen LogP contribution in [-0.4, -0.2) is 30.4 Å². The van der Waals surface area contributed by atoms with Gasteiger partial charge in [-0.15, -0.1) is 0 Å². The van der Waals surface area contributed by atoms with Crippen molar-refractivity contribution in [3.8, 4) is 0 Å². The molecule has 3 aromatic rings. The van der Waals surface area contributed by atoms with Gasteiger partial charge in [0.25, 0.3) is 5.56 Å². The van der Waals surface area contributed by atoms with Crippen molar-refractivity contribution in [2.75, 3.05) is 11.9 Å². The topological polar surface area (TPSA) is 110 Å². The van der Waals surface area contributed by atoms with Crippen LogP contribution in [0.25, 0.3) is 10.9 Å². The number of carbonyl (C=O) groups excluding carboxylic acids is 1. The second-order valence-corrected chi connectivity index (χ2v) is 8.99. The van der Waals surface area contributed by atoms with Crippen molar-refractivity contribution in [2.45, 2.75) is 30.5 Å². The predicted octanol–water partition coefficient (Wildman–Crippen LogP) is 2.28. The second kappa shape index (κ2) is 8.02. The minimum absolute atomic E-state index is 0.158. The lowest BCUT2D eigenvalue weighted by Crippen LogP contribution is -2.33. The first-order valence-corrected chi connectivity index (χ1v) is 11.0. The van der Waals surface area contributed by atoms with Crippen LogP contribution < -0.4 is 15.6 Å². The molecule has 12 heteroatoms. The average Bonchev–Trinajstić information content (AvgIpc) is 3.21. The number of amides is 1. The van der Waals surface area contributed by atoms with E-state index in [1.807, 2.05) is 4.72 Å². The smallest absolute Gasteiger partial charge is 0.325 e. The maximum Gasteiger partial charge on any atom is 0.416 e. The summed E-state index contributed by atoms with van der Waals surface area (Å²) in [4.78, 5) is 28.5. The van der Waals surface area contributed by atoms with Crippen molar-refractivity contribution in [3.63, 3.8) is 0 Å². The normalized spacial score (nSPS) is 13.8. The zero-order valence-corrected chi connectivity index (χ0v) is 17.3. The summed E-state index contributed by atoms with van der Waals surface area (Å²) in [5, 5.41) is 2.89. The van der Waals surface area contributed by atoms with Gasteiger partial charge in [-0.25, -0.2) is 18.1 Å². The number of aryl methyl sites for hydroxylation is 1. The van der Waals surface area contributed by atoms with Gasteiger partial charge < -0.3 is 5.32 Å². The summed E-state index contributed by atoms with van der Waals surface area (Å²) in [6.45, 7) is -0.0848. The Labute approximate surface area is 180 Å². The van der Waals surface area contributed by atoms with E-state index in [4.69, 9.17) is 0 Å². The Bertz CT molecular complexity index is 1380. The van der Waals surface area contributed by atoms with E-state index >= 15 is 0 Å². The number of fused-ring (bicyclic) bond motifs is 2. The highest BCUT2D eigenvalue weighted by Crippen LogP contribution is 2.30. The number of alkyl halides is 3. The molecule has 0 spiro atoms. The Balaban J connectivity index is 1.46. The van der Waals surface area contributed by atoms with Crippen molar-refractivity contribution in [1.29, 1.82) is 0 Å². The number of aromatic nitrogens is 2. The van der Waals surface area contributed by atoms with Gasteiger partial charge in [-0.3, -0.25) is 14.2 Å². The third kappa shape index (κ3) is 4.36. The summed E-state index contributed by atoms with van der Waals surface area (Å²) in [5.41, 5.74) is -0.564. The number of sulfonamides is 1. The van der Waals surface area contributed by atoms with E-state index in [1.54, 1.807) is 4.57 Å². The minimum atomic E-state index is -4.70. The highest BCUT2D eigenvalue weighted by molar-refractivity contribution is 7.89. The molecule has 0 unspecified atom stereocenters. The van der Waals surface area contributed by atoms with Crippen LogP contribution in [0.5, 0.6) is 0 Å². The van der Waals surface area contributed by atoms with Crippen molar-refractivity contribution in [3.05, 3.63) is 64.2 Å². The quantitative estimate of drug-likeness (QED) is 0.600. The zero-order valence-electron chi connectivity index (χ0n) is 16.4. The molecule has 2 N–H and O–H groups in total. The molecule has 2 heterocycles. The van der Waals surface area contributed by atoms with Crippen LogP contribution in [0.3, 0.4) is 0 Å². The molecule has 32 heavy (non-hydrogen) atoms. The lowest BCUT2D eigenvalue weighted by molar-refractivity contribution is -0.137. The predicted molar refractivity (Wildman–Crippen MR) is 110 cm³/mol. The minimum Gasteiger partial charge on any atom is -0.325 e. The Morgan fingerprint density at radius 3 is 2.69 bits per heavy atom. The maximum absolute atomic E-state index is 12.8. The van der Waals surface area contributed by atoms with Gasteiger partial charge in [-0.05, 0) is 42.8 Å². The number of rotatable bonds is 5. The molecule has 8 nitrogen and oxygen atoms in total. The Kier molecular flexibility index (Phi) is 5.51. The molecule has 0 aliphatic carbocycles. The van der Waals surface area contributed by atoms with Gasteiger partial charge in [-0.2, -0.15) is 13.2 Å². The van der Waals surface area contributed by atoms with E-state index in [-0.39, 0.29) is 5.56 Å². The number of halogens is 3. The number of hydrogen-bond acceptors (Lipinski definition) is 5. The molecule has 168 valence electrons. The fourth-order valence-corrected chi connectivity index (χ4v) is 4.48. The molecular formula is C20H17F3N4O4S. The highest BCUT2D eigenvalue weighted by Gasteiger charge is 2.31. The molecule has 0 atom stereocenters. The number of nitrogens with one attached hydrogen (secondary N) is 2. The lowest BCUT2D eigenvalue weighted by Gasteiger charge is -2.11. The van der Waals surface area contributed by atoms with Crippen LogP contribution in [0.4, 0.5) is 18.9 Å². The largest absolute Gasteiger partial charge is 0.416 e. The molecule has 0 saturated heterocycles. The molecule has 4 rings (SSSR count). The molecule has 1 aromatic heterocycles. The molecule has 0 fully saturated rings. The summed E-state index contributed by atoms with van der Waals surface area (Å²) < 4.78 is 66.6. The molecule has 0 bridgehead atoms. The Morgan fingerprint density at radius 1 is 1.16 bits per heavy atom. The summed E-state index contributed by atoms with van der Waals surface area (Å²) in [7, 11) is -4.34. The van der Waals surface area contributed by atoms with E-state index in [0.717, 1.165) is 24.6 Å². The van der Waals surface area contributed by atoms with Gasteiger partial charge in [0, 0.05) is 18.7 Å². The van der Waals surface area contributed by atoms with Crippen LogP contribution in [0.2, 0.25) is 0 Å². The third-order valence-corrected chi connectivity index (χ3v) is 6.39. The van der Waals surface area contributed by atoms with Crippen molar-refractivity contribution >= 4 is 32.5 Å². The first-order chi connectivity index (χ1) is 15.0. The first-order valence-electron chi connectivity index (χ1n) is 9.55. The molecule has 1 aliphatic rings. The van der Waals surface area contributed by atoms with E-state index in [9.17, 15) is 31.2 Å². The van der Waals surface area contributed by atoms with Gasteiger partial charge in [0.15, 0.2) is 0 Å². The molecule has 2 aromatic carbocycles. The van der Waals surface area contributed by atoms with Crippen LogP contribution in [-0.2, 0) is 34.0 Å². The van der Waals surface area contributed by atoms with Crippen molar-refractivity contribution in [2.24, 2.45) is 0 Å². The fraction of sp³-hybridized carbons (Fsp3) is 0.250. The third-order valence-electron chi connectivity index (χ3n) is 4.99. The van der Waals surface area contributed by atoms with Gasteiger partial charge in [0.1, 0.15) is 5.82 Å². The number of hydrogen-bond donors (Lipinski definition) is 2.